The number of hydrogen-bond acceptors (Lipinski definition) is 1. The maximum atomic E-state index is 5.03. The second-order valence-electron chi connectivity index (χ2n) is 3.74. The Bertz CT molecular complexity index is 521. The highest BCUT2D eigenvalue weighted by atomic mass is 16.5. The molecule has 0 spiro atoms. The van der Waals surface area contributed by atoms with Crippen molar-refractivity contribution in [1.82, 2.24) is 0 Å². The second-order valence-corrected chi connectivity index (χ2v) is 3.74. The molecule has 0 fully saturated rings. The first-order chi connectivity index (χ1) is 8.88. The second kappa shape index (κ2) is 6.32. The van der Waals surface area contributed by atoms with Crippen molar-refractivity contribution >= 4 is 12.2 Å². The van der Waals surface area contributed by atoms with Gasteiger partial charge >= 0.3 is 0 Å². The van der Waals surface area contributed by atoms with Crippen LogP contribution >= 0.6 is 0 Å². The lowest BCUT2D eigenvalue weighted by atomic mass is 10.2. The Balaban J connectivity index is 1.96. The van der Waals surface area contributed by atoms with Crippen LogP contribution in [0.3, 0.4) is 0 Å². The molecule has 0 heterocycles. The molecule has 0 unspecified atom stereocenters. The first kappa shape index (κ1) is 12.0. The summed E-state index contributed by atoms with van der Waals surface area (Å²) in [5.74, 6) is 0.701. The van der Waals surface area contributed by atoms with Gasteiger partial charge < -0.3 is 4.74 Å². The zero-order valence-electron chi connectivity index (χ0n) is 10.3. The van der Waals surface area contributed by atoms with Crippen LogP contribution in [-0.4, -0.2) is 7.11 Å². The number of benzene rings is 1. The Hall–Kier alpha value is -2.46. The Labute approximate surface area is 108 Å². The van der Waals surface area contributed by atoms with Crippen molar-refractivity contribution in [3.05, 3.63) is 77.9 Å². The van der Waals surface area contributed by atoms with Gasteiger partial charge in [-0.2, -0.15) is 0 Å². The SMILES string of the molecule is COc1c#cc(/C=C/C=C/c2ccccc2)cc1. The summed E-state index contributed by atoms with van der Waals surface area (Å²) in [5.41, 5.74) is 2.17. The van der Waals surface area contributed by atoms with Crippen LogP contribution in [0.1, 0.15) is 11.1 Å². The van der Waals surface area contributed by atoms with Gasteiger partial charge in [0.05, 0.1) is 7.11 Å². The number of allylic oxidation sites excluding steroid dienone is 2. The maximum absolute atomic E-state index is 5.03. The lowest BCUT2D eigenvalue weighted by molar-refractivity contribution is 0.415. The Morgan fingerprint density at radius 2 is 1.67 bits per heavy atom. The number of hydrogen-bond donors (Lipinski definition) is 0. The molecule has 0 atom stereocenters. The van der Waals surface area contributed by atoms with Crippen molar-refractivity contribution in [2.24, 2.45) is 0 Å². The topological polar surface area (TPSA) is 9.23 Å². The van der Waals surface area contributed by atoms with Crippen molar-refractivity contribution < 1.29 is 4.74 Å². The van der Waals surface area contributed by atoms with Crippen molar-refractivity contribution in [1.29, 1.82) is 0 Å². The van der Waals surface area contributed by atoms with Gasteiger partial charge in [-0.1, -0.05) is 54.6 Å². The highest BCUT2D eigenvalue weighted by molar-refractivity contribution is 5.56. The summed E-state index contributed by atoms with van der Waals surface area (Å²) in [6, 6.07) is 19.9. The highest BCUT2D eigenvalue weighted by Crippen LogP contribution is 2.07. The normalized spacial score (nSPS) is 10.7. The van der Waals surface area contributed by atoms with Crippen LogP contribution in [0, 0.1) is 12.1 Å². The van der Waals surface area contributed by atoms with Crippen molar-refractivity contribution in [2.45, 2.75) is 0 Å². The predicted octanol–water partition coefficient (Wildman–Crippen LogP) is 4.02. The molecule has 1 nitrogen and oxygen atoms in total. The fraction of sp³-hybridized carbons (Fsp3) is 0.0588. The van der Waals surface area contributed by atoms with Crippen LogP contribution in [0.2, 0.25) is 0 Å². The molecule has 0 aliphatic heterocycles. The molecule has 0 aliphatic rings. The number of methoxy groups -OCH3 is 1. The van der Waals surface area contributed by atoms with Crippen LogP contribution in [0.25, 0.3) is 12.2 Å². The molecule has 88 valence electrons. The van der Waals surface area contributed by atoms with Crippen LogP contribution < -0.4 is 4.74 Å². The lowest BCUT2D eigenvalue weighted by Gasteiger charge is -1.93. The van der Waals surface area contributed by atoms with Crippen molar-refractivity contribution in [3.8, 4) is 5.75 Å². The van der Waals surface area contributed by atoms with E-state index >= 15 is 0 Å². The zero-order chi connectivity index (χ0) is 12.6. The third-order valence-electron chi connectivity index (χ3n) is 2.44. The van der Waals surface area contributed by atoms with E-state index in [-0.39, 0.29) is 0 Å². The third kappa shape index (κ3) is 3.54. The number of rotatable bonds is 4. The van der Waals surface area contributed by atoms with E-state index in [9.17, 15) is 0 Å². The van der Waals surface area contributed by atoms with Crippen LogP contribution in [-0.2, 0) is 0 Å². The van der Waals surface area contributed by atoms with Gasteiger partial charge in [0.2, 0.25) is 0 Å². The molecule has 18 heavy (non-hydrogen) atoms. The minimum absolute atomic E-state index is 0.701. The molecule has 2 aromatic carbocycles. The largest absolute Gasteiger partial charge is 0.489 e. The molecule has 0 saturated heterocycles. The van der Waals surface area contributed by atoms with Gasteiger partial charge in [0, 0.05) is 5.56 Å². The van der Waals surface area contributed by atoms with E-state index < -0.39 is 0 Å². The van der Waals surface area contributed by atoms with Gasteiger partial charge in [-0.25, -0.2) is 0 Å². The molecule has 0 saturated carbocycles. The van der Waals surface area contributed by atoms with E-state index in [4.69, 9.17) is 4.74 Å². The molecule has 0 bridgehead atoms. The molecule has 0 N–H and O–H groups in total. The molecule has 0 amide bonds. The summed E-state index contributed by atoms with van der Waals surface area (Å²) < 4.78 is 5.03. The predicted molar refractivity (Wildman–Crippen MR) is 75.2 cm³/mol. The average molecular weight is 234 g/mol. The van der Waals surface area contributed by atoms with E-state index in [0.29, 0.717) is 5.75 Å². The molecule has 2 aromatic rings. The van der Waals surface area contributed by atoms with Crippen molar-refractivity contribution in [2.75, 3.05) is 7.11 Å². The van der Waals surface area contributed by atoms with Crippen LogP contribution in [0.4, 0.5) is 0 Å². The van der Waals surface area contributed by atoms with Gasteiger partial charge in [-0.15, -0.1) is 0 Å². The minimum atomic E-state index is 0.701. The summed E-state index contributed by atoms with van der Waals surface area (Å²) in [5, 5.41) is 0. The van der Waals surface area contributed by atoms with Crippen molar-refractivity contribution in [3.63, 3.8) is 0 Å². The van der Waals surface area contributed by atoms with E-state index in [1.807, 2.05) is 48.6 Å². The Kier molecular flexibility index (Phi) is 4.22. The Morgan fingerprint density at radius 1 is 0.889 bits per heavy atom. The standard InChI is InChI=1S/C17H14O/c1-18-17-13-11-16(12-14-17)10-6-5-9-15-7-3-2-4-8-15/h2-11,13H,1H3/b9-5+,10-6+. The van der Waals surface area contributed by atoms with Crippen LogP contribution in [0.5, 0.6) is 5.75 Å². The van der Waals surface area contributed by atoms with E-state index in [1.54, 1.807) is 7.11 Å². The molecule has 2 rings (SSSR count). The Morgan fingerprint density at radius 3 is 2.33 bits per heavy atom. The summed E-state index contributed by atoms with van der Waals surface area (Å²) >= 11 is 0. The van der Waals surface area contributed by atoms with Gasteiger partial charge in [-0.3, -0.25) is 0 Å². The molecular weight excluding hydrogens is 220 g/mol. The van der Waals surface area contributed by atoms with E-state index in [2.05, 4.69) is 30.3 Å². The highest BCUT2D eigenvalue weighted by Gasteiger charge is 1.86. The quantitative estimate of drug-likeness (QED) is 0.726. The maximum Gasteiger partial charge on any atom is 0.169 e. The lowest BCUT2D eigenvalue weighted by Crippen LogP contribution is -1.79. The van der Waals surface area contributed by atoms with Gasteiger partial charge in [0.15, 0.2) is 5.75 Å². The fourth-order valence-corrected chi connectivity index (χ4v) is 1.49. The smallest absolute Gasteiger partial charge is 0.169 e. The molecular formula is C17H14O. The summed E-state index contributed by atoms with van der Waals surface area (Å²) in [4.78, 5) is 0. The fourth-order valence-electron chi connectivity index (χ4n) is 1.49. The third-order valence-corrected chi connectivity index (χ3v) is 2.44. The molecule has 0 aromatic heterocycles. The first-order valence-electron chi connectivity index (χ1n) is 5.76. The summed E-state index contributed by atoms with van der Waals surface area (Å²) in [6.45, 7) is 0. The minimum Gasteiger partial charge on any atom is -0.489 e. The van der Waals surface area contributed by atoms with E-state index in [0.717, 1.165) is 5.56 Å². The molecule has 1 heteroatoms. The van der Waals surface area contributed by atoms with Crippen LogP contribution in [0.15, 0.2) is 54.6 Å². The number of ether oxygens (including phenoxy) is 1. The van der Waals surface area contributed by atoms with Gasteiger partial charge in [0.1, 0.15) is 0 Å². The zero-order valence-corrected chi connectivity index (χ0v) is 10.3. The van der Waals surface area contributed by atoms with Gasteiger partial charge in [-0.05, 0) is 29.8 Å². The molecule has 0 aliphatic carbocycles. The monoisotopic (exact) mass is 234 g/mol. The summed E-state index contributed by atoms with van der Waals surface area (Å²) in [6.07, 6.45) is 8.03. The average Bonchev–Trinajstić information content (AvgIpc) is 2.45. The van der Waals surface area contributed by atoms with E-state index in [1.165, 1.54) is 5.56 Å². The first-order valence-corrected chi connectivity index (χ1v) is 5.76. The van der Waals surface area contributed by atoms with Gasteiger partial charge in [0.25, 0.3) is 0 Å². The summed E-state index contributed by atoms with van der Waals surface area (Å²) in [7, 11) is 1.62. The molecule has 0 radical (unpaired) electrons.